The van der Waals surface area contributed by atoms with Gasteiger partial charge in [0.15, 0.2) is 11.5 Å². The maximum atomic E-state index is 12.1. The minimum absolute atomic E-state index is 0.121. The maximum absolute atomic E-state index is 12.1. The number of ether oxygens (including phenoxy) is 2. The first-order chi connectivity index (χ1) is 11.1. The molecular formula is C18H16BrNO3. The lowest BCUT2D eigenvalue weighted by molar-refractivity contribution is -0.117. The van der Waals surface area contributed by atoms with Crippen LogP contribution in [0.5, 0.6) is 11.5 Å². The van der Waals surface area contributed by atoms with Gasteiger partial charge in [-0.05, 0) is 48.4 Å². The largest absolute Gasteiger partial charge is 0.454 e. The Hall–Kier alpha value is -2.27. The van der Waals surface area contributed by atoms with Gasteiger partial charge < -0.3 is 14.8 Å². The molecule has 3 rings (SSSR count). The van der Waals surface area contributed by atoms with E-state index >= 15 is 0 Å². The van der Waals surface area contributed by atoms with Crippen molar-refractivity contribution in [3.63, 3.8) is 0 Å². The van der Waals surface area contributed by atoms with Gasteiger partial charge in [0, 0.05) is 10.5 Å². The third-order valence-electron chi connectivity index (χ3n) is 3.53. The topological polar surface area (TPSA) is 47.6 Å². The van der Waals surface area contributed by atoms with Gasteiger partial charge in [-0.15, -0.1) is 0 Å². The fourth-order valence-corrected chi connectivity index (χ4v) is 2.73. The van der Waals surface area contributed by atoms with Crippen LogP contribution in [0, 0.1) is 0 Å². The zero-order valence-electron chi connectivity index (χ0n) is 12.6. The Morgan fingerprint density at radius 3 is 2.87 bits per heavy atom. The second-order valence-corrected chi connectivity index (χ2v) is 6.15. The molecule has 1 N–H and O–H groups in total. The van der Waals surface area contributed by atoms with Crippen LogP contribution in [0.2, 0.25) is 0 Å². The van der Waals surface area contributed by atoms with Crippen LogP contribution >= 0.6 is 15.9 Å². The van der Waals surface area contributed by atoms with Gasteiger partial charge >= 0.3 is 0 Å². The number of fused-ring (bicyclic) bond motifs is 1. The van der Waals surface area contributed by atoms with Gasteiger partial charge in [0.1, 0.15) is 0 Å². The Bertz CT molecular complexity index is 758. The van der Waals surface area contributed by atoms with Crippen LogP contribution in [-0.4, -0.2) is 12.7 Å². The van der Waals surface area contributed by atoms with E-state index in [0.29, 0.717) is 5.75 Å². The van der Waals surface area contributed by atoms with Gasteiger partial charge in [0.2, 0.25) is 12.7 Å². The predicted octanol–water partition coefficient (Wildman–Crippen LogP) is 4.07. The van der Waals surface area contributed by atoms with Crippen molar-refractivity contribution in [1.29, 1.82) is 0 Å². The van der Waals surface area contributed by atoms with Crippen molar-refractivity contribution in [1.82, 2.24) is 5.32 Å². The molecule has 1 heterocycles. The molecule has 118 valence electrons. The normalized spacial score (nSPS) is 14.0. The number of rotatable bonds is 4. The predicted molar refractivity (Wildman–Crippen MR) is 92.3 cm³/mol. The number of halogens is 1. The molecule has 1 unspecified atom stereocenters. The Morgan fingerprint density at radius 2 is 2.04 bits per heavy atom. The van der Waals surface area contributed by atoms with E-state index < -0.39 is 0 Å². The van der Waals surface area contributed by atoms with E-state index in [2.05, 4.69) is 21.2 Å². The second-order valence-electron chi connectivity index (χ2n) is 5.23. The highest BCUT2D eigenvalue weighted by Gasteiger charge is 2.16. The van der Waals surface area contributed by atoms with Gasteiger partial charge in [0.05, 0.1) is 6.04 Å². The van der Waals surface area contributed by atoms with Crippen LogP contribution in [0.25, 0.3) is 6.08 Å². The summed E-state index contributed by atoms with van der Waals surface area (Å²) in [5.41, 5.74) is 1.93. The molecule has 0 bridgehead atoms. The highest BCUT2D eigenvalue weighted by atomic mass is 79.9. The van der Waals surface area contributed by atoms with Gasteiger partial charge in [-0.1, -0.05) is 34.1 Å². The van der Waals surface area contributed by atoms with Gasteiger partial charge in [-0.25, -0.2) is 0 Å². The van der Waals surface area contributed by atoms with Crippen LogP contribution in [0.15, 0.2) is 53.0 Å². The molecule has 0 radical (unpaired) electrons. The van der Waals surface area contributed by atoms with Crippen molar-refractivity contribution >= 4 is 27.9 Å². The molecule has 0 saturated heterocycles. The van der Waals surface area contributed by atoms with E-state index in [1.54, 1.807) is 6.08 Å². The number of hydrogen-bond donors (Lipinski definition) is 1. The van der Waals surface area contributed by atoms with E-state index in [4.69, 9.17) is 9.47 Å². The van der Waals surface area contributed by atoms with Crippen molar-refractivity contribution in [2.45, 2.75) is 13.0 Å². The average Bonchev–Trinajstić information content (AvgIpc) is 3.00. The average molecular weight is 374 g/mol. The lowest BCUT2D eigenvalue weighted by Crippen LogP contribution is -2.24. The van der Waals surface area contributed by atoms with Gasteiger partial charge in [-0.3, -0.25) is 4.79 Å². The van der Waals surface area contributed by atoms with Crippen molar-refractivity contribution in [2.24, 2.45) is 0 Å². The van der Waals surface area contributed by atoms with Crippen molar-refractivity contribution in [3.05, 3.63) is 64.1 Å². The third-order valence-corrected chi connectivity index (χ3v) is 4.02. The summed E-state index contributed by atoms with van der Waals surface area (Å²) in [5.74, 6) is 1.31. The fraction of sp³-hybridized carbons (Fsp3) is 0.167. The lowest BCUT2D eigenvalue weighted by atomic mass is 10.1. The first-order valence-electron chi connectivity index (χ1n) is 7.25. The Morgan fingerprint density at radius 1 is 1.22 bits per heavy atom. The third kappa shape index (κ3) is 3.93. The summed E-state index contributed by atoms with van der Waals surface area (Å²) in [6.07, 6.45) is 3.32. The number of carbonyl (C=O) groups excluding carboxylic acids is 1. The molecule has 5 heteroatoms. The molecule has 0 saturated carbocycles. The SMILES string of the molecule is CC(NC(=O)/C=C/c1cccc(Br)c1)c1ccc2c(c1)OCO2. The molecule has 0 aliphatic carbocycles. The molecule has 1 aliphatic rings. The molecule has 0 fully saturated rings. The molecule has 23 heavy (non-hydrogen) atoms. The molecule has 4 nitrogen and oxygen atoms in total. The van der Waals surface area contributed by atoms with E-state index in [9.17, 15) is 4.79 Å². The smallest absolute Gasteiger partial charge is 0.244 e. The van der Waals surface area contributed by atoms with Crippen LogP contribution in [0.1, 0.15) is 24.1 Å². The number of amides is 1. The summed E-state index contributed by atoms with van der Waals surface area (Å²) >= 11 is 3.41. The molecule has 0 spiro atoms. The molecule has 2 aromatic carbocycles. The van der Waals surface area contributed by atoms with Crippen LogP contribution < -0.4 is 14.8 Å². The Labute approximate surface area is 143 Å². The zero-order chi connectivity index (χ0) is 16.2. The first kappa shape index (κ1) is 15.6. The number of carbonyl (C=O) groups is 1. The van der Waals surface area contributed by atoms with E-state index in [1.807, 2.05) is 49.4 Å². The molecule has 1 aliphatic heterocycles. The summed E-state index contributed by atoms with van der Waals surface area (Å²) in [4.78, 5) is 12.1. The maximum Gasteiger partial charge on any atom is 0.244 e. The summed E-state index contributed by atoms with van der Waals surface area (Å²) in [7, 11) is 0. The summed E-state index contributed by atoms with van der Waals surface area (Å²) in [5, 5.41) is 2.94. The second kappa shape index (κ2) is 6.87. The van der Waals surface area contributed by atoms with Gasteiger partial charge in [-0.2, -0.15) is 0 Å². The van der Waals surface area contributed by atoms with Gasteiger partial charge in [0.25, 0.3) is 0 Å². The van der Waals surface area contributed by atoms with E-state index in [1.165, 1.54) is 6.08 Å². The van der Waals surface area contributed by atoms with E-state index in [0.717, 1.165) is 21.3 Å². The summed E-state index contributed by atoms with van der Waals surface area (Å²) in [6, 6.07) is 13.3. The molecule has 2 aromatic rings. The molecular weight excluding hydrogens is 358 g/mol. The summed E-state index contributed by atoms with van der Waals surface area (Å²) in [6.45, 7) is 2.18. The van der Waals surface area contributed by atoms with Crippen molar-refractivity contribution in [2.75, 3.05) is 6.79 Å². The van der Waals surface area contributed by atoms with E-state index in [-0.39, 0.29) is 18.7 Å². The monoisotopic (exact) mass is 373 g/mol. The number of nitrogens with one attached hydrogen (secondary N) is 1. The Kier molecular flexibility index (Phi) is 4.67. The highest BCUT2D eigenvalue weighted by Crippen LogP contribution is 2.34. The number of benzene rings is 2. The van der Waals surface area contributed by atoms with Crippen LogP contribution in [0.3, 0.4) is 0 Å². The summed E-state index contributed by atoms with van der Waals surface area (Å²) < 4.78 is 11.6. The highest BCUT2D eigenvalue weighted by molar-refractivity contribution is 9.10. The van der Waals surface area contributed by atoms with Crippen molar-refractivity contribution in [3.8, 4) is 11.5 Å². The van der Waals surface area contributed by atoms with Crippen LogP contribution in [0.4, 0.5) is 0 Å². The Balaban J connectivity index is 1.63. The molecule has 1 atom stereocenters. The number of hydrogen-bond acceptors (Lipinski definition) is 3. The van der Waals surface area contributed by atoms with Crippen molar-refractivity contribution < 1.29 is 14.3 Å². The molecule has 1 amide bonds. The molecule has 0 aromatic heterocycles. The first-order valence-corrected chi connectivity index (χ1v) is 8.05. The fourth-order valence-electron chi connectivity index (χ4n) is 2.31. The lowest BCUT2D eigenvalue weighted by Gasteiger charge is -2.13. The minimum atomic E-state index is -0.143. The quantitative estimate of drug-likeness (QED) is 0.821. The zero-order valence-corrected chi connectivity index (χ0v) is 14.2. The van der Waals surface area contributed by atoms with Crippen LogP contribution in [-0.2, 0) is 4.79 Å². The minimum Gasteiger partial charge on any atom is -0.454 e. The standard InChI is InChI=1S/C18H16BrNO3/c1-12(14-6-7-16-17(10-14)23-11-22-16)20-18(21)8-5-13-3-2-4-15(19)9-13/h2-10,12H,11H2,1H3,(H,20,21)/b8-5+.